The zero-order valence-corrected chi connectivity index (χ0v) is 10.8. The van der Waals surface area contributed by atoms with Crippen molar-refractivity contribution in [1.82, 2.24) is 0 Å². The fraction of sp³-hybridized carbons (Fsp3) is 0.727. The predicted octanol–water partition coefficient (Wildman–Crippen LogP) is -1.01. The Kier molecular flexibility index (Phi) is 5.70. The van der Waals surface area contributed by atoms with Crippen molar-refractivity contribution in [1.29, 1.82) is 0 Å². The average molecular weight is 309 g/mol. The molecule has 2 nitrogen and oxygen atoms in total. The van der Waals surface area contributed by atoms with Crippen LogP contribution in [0.3, 0.4) is 0 Å². The second-order valence-electron chi connectivity index (χ2n) is 3.59. The van der Waals surface area contributed by atoms with Crippen molar-refractivity contribution in [3.63, 3.8) is 0 Å². The average Bonchev–Trinajstić information content (AvgIpc) is 2.26. The summed E-state index contributed by atoms with van der Waals surface area (Å²) in [5, 5.41) is 0. The van der Waals surface area contributed by atoms with E-state index < -0.39 is 0 Å². The third-order valence-corrected chi connectivity index (χ3v) is 4.58. The Labute approximate surface area is 96.4 Å². The minimum atomic E-state index is -0.203. The van der Waals surface area contributed by atoms with E-state index >= 15 is 0 Å². The van der Waals surface area contributed by atoms with Crippen LogP contribution in [0, 0.1) is 5.92 Å². The van der Waals surface area contributed by atoms with Gasteiger partial charge >= 0.3 is 96.4 Å². The number of carbonyl (C=O) groups excluding carboxylic acids is 1. The zero-order valence-electron chi connectivity index (χ0n) is 8.67. The zero-order chi connectivity index (χ0) is 10.4. The van der Waals surface area contributed by atoms with Crippen molar-refractivity contribution in [2.24, 2.45) is 5.92 Å². The van der Waals surface area contributed by atoms with E-state index in [9.17, 15) is 4.79 Å². The van der Waals surface area contributed by atoms with Crippen molar-refractivity contribution in [3.8, 4) is 0 Å². The van der Waals surface area contributed by atoms with E-state index in [2.05, 4.69) is 11.5 Å². The fourth-order valence-corrected chi connectivity index (χ4v) is 3.32. The maximum atomic E-state index is 11.5. The molecule has 0 amide bonds. The monoisotopic (exact) mass is 309 g/mol. The first-order chi connectivity index (χ1) is 6.77. The Bertz CT molecular complexity index is 195. The summed E-state index contributed by atoms with van der Waals surface area (Å²) in [7, 11) is 0. The van der Waals surface area contributed by atoms with Crippen LogP contribution in [-0.4, -0.2) is 21.4 Å². The molecule has 0 bridgehead atoms. The van der Waals surface area contributed by atoms with Gasteiger partial charge in [-0.25, -0.2) is 0 Å². The molecule has 3 heteroatoms. The van der Waals surface area contributed by atoms with Crippen LogP contribution in [0.4, 0.5) is 0 Å². The summed E-state index contributed by atoms with van der Waals surface area (Å²) < 4.78 is 6.11. The molecule has 1 rings (SSSR count). The summed E-state index contributed by atoms with van der Waals surface area (Å²) in [5.41, 5.74) is 0. The van der Waals surface area contributed by atoms with Gasteiger partial charge in [-0.1, -0.05) is 0 Å². The third kappa shape index (κ3) is 3.69. The van der Waals surface area contributed by atoms with Crippen LogP contribution in [-0.2, 0) is 9.53 Å². The predicted molar refractivity (Wildman–Crippen MR) is 52.8 cm³/mol. The van der Waals surface area contributed by atoms with Gasteiger partial charge in [0.15, 0.2) is 0 Å². The van der Waals surface area contributed by atoms with Crippen molar-refractivity contribution < 1.29 is 30.7 Å². The normalized spacial score (nSPS) is 27.5. The van der Waals surface area contributed by atoms with Crippen molar-refractivity contribution in [3.05, 3.63) is 12.7 Å². The molecule has 0 heterocycles. The fourth-order valence-electron chi connectivity index (χ4n) is 1.81. The van der Waals surface area contributed by atoms with E-state index in [1.54, 1.807) is 6.08 Å². The summed E-state index contributed by atoms with van der Waals surface area (Å²) in [5.74, 6) is 0.358. The summed E-state index contributed by atoms with van der Waals surface area (Å²) in [6.07, 6.45) is 6.33. The molecule has 0 radical (unpaired) electrons. The van der Waals surface area contributed by atoms with Crippen LogP contribution in [0.15, 0.2) is 12.7 Å². The first-order valence-corrected chi connectivity index (χ1v) is 8.27. The molecule has 82 valence electrons. The van der Waals surface area contributed by atoms with Gasteiger partial charge < -0.3 is 0 Å². The van der Waals surface area contributed by atoms with Crippen LogP contribution >= 0.6 is 0 Å². The molecule has 0 aromatic heterocycles. The van der Waals surface area contributed by atoms with E-state index in [1.165, 1.54) is 0 Å². The third-order valence-electron chi connectivity index (χ3n) is 2.63. The maximum absolute atomic E-state index is 11.5. The molecule has 0 aliphatic heterocycles. The molecule has 0 spiro atoms. The van der Waals surface area contributed by atoms with Gasteiger partial charge in [0.2, 0.25) is 0 Å². The second-order valence-corrected chi connectivity index (χ2v) is 5.73. The van der Waals surface area contributed by atoms with E-state index in [-0.39, 0.29) is 21.2 Å². The number of rotatable bonds is 5. The molecular formula is C11H18IO2-. The molecule has 1 fully saturated rings. The van der Waals surface area contributed by atoms with Crippen LogP contribution in [0.25, 0.3) is 0 Å². The number of halogens is 1. The van der Waals surface area contributed by atoms with E-state index in [0.29, 0.717) is 22.4 Å². The van der Waals surface area contributed by atoms with Gasteiger partial charge in [-0.3, -0.25) is 0 Å². The standard InChI is InChI=1S/C11H18IO2/c1-3-8-14-10-6-4-9(5-7-10)11(13)12-2/h3,9-10H,1,4-8H2,2H3/q-1. The minimum absolute atomic E-state index is 0.203. The summed E-state index contributed by atoms with van der Waals surface area (Å²) >= 11 is -0.203. The van der Waals surface area contributed by atoms with Crippen LogP contribution in [0.1, 0.15) is 25.7 Å². The number of alkyl halides is 1. The number of carbonyl (C=O) groups is 1. The summed E-state index contributed by atoms with van der Waals surface area (Å²) in [4.78, 5) is 13.5. The summed E-state index contributed by atoms with van der Waals surface area (Å²) in [6, 6.07) is 0. The van der Waals surface area contributed by atoms with Gasteiger partial charge in [-0.05, 0) is 0 Å². The molecule has 1 aliphatic rings. The molecule has 0 aromatic carbocycles. The number of ether oxygens (including phenoxy) is 1. The van der Waals surface area contributed by atoms with E-state index in [0.717, 1.165) is 25.7 Å². The van der Waals surface area contributed by atoms with Crippen LogP contribution in [0.5, 0.6) is 0 Å². The van der Waals surface area contributed by atoms with Gasteiger partial charge in [-0.2, -0.15) is 0 Å². The molecule has 0 unspecified atom stereocenters. The van der Waals surface area contributed by atoms with E-state index in [1.807, 2.05) is 0 Å². The van der Waals surface area contributed by atoms with Gasteiger partial charge in [0.1, 0.15) is 0 Å². The molecule has 1 aliphatic carbocycles. The second kappa shape index (κ2) is 6.56. The Morgan fingerprint density at radius 3 is 2.64 bits per heavy atom. The van der Waals surface area contributed by atoms with Gasteiger partial charge in [0.25, 0.3) is 0 Å². The first-order valence-electron chi connectivity index (χ1n) is 5.03. The SMILES string of the molecule is C=CCOC1CCC(C(=O)[I-]C)CC1. The Balaban J connectivity index is 2.24. The molecule has 0 atom stereocenters. The topological polar surface area (TPSA) is 26.3 Å². The Morgan fingerprint density at radius 1 is 1.50 bits per heavy atom. The van der Waals surface area contributed by atoms with Gasteiger partial charge in [0, 0.05) is 0 Å². The Morgan fingerprint density at radius 2 is 2.14 bits per heavy atom. The van der Waals surface area contributed by atoms with Gasteiger partial charge in [-0.15, -0.1) is 0 Å². The van der Waals surface area contributed by atoms with Crippen molar-refractivity contribution in [2.75, 3.05) is 11.5 Å². The Hall–Kier alpha value is 0.100. The van der Waals surface area contributed by atoms with E-state index in [4.69, 9.17) is 4.74 Å². The molecule has 1 saturated carbocycles. The molecule has 0 N–H and O–H groups in total. The molecule has 0 saturated heterocycles. The molecule has 14 heavy (non-hydrogen) atoms. The van der Waals surface area contributed by atoms with Crippen LogP contribution < -0.4 is 21.2 Å². The van der Waals surface area contributed by atoms with Gasteiger partial charge in [0.05, 0.1) is 0 Å². The number of hydrogen-bond acceptors (Lipinski definition) is 2. The van der Waals surface area contributed by atoms with Crippen LogP contribution in [0.2, 0.25) is 0 Å². The number of hydrogen-bond donors (Lipinski definition) is 0. The van der Waals surface area contributed by atoms with Crippen molar-refractivity contribution >= 4 is 3.79 Å². The summed E-state index contributed by atoms with van der Waals surface area (Å²) in [6.45, 7) is 4.27. The quantitative estimate of drug-likeness (QED) is 0.282. The molecule has 0 aromatic rings. The molecular weight excluding hydrogens is 291 g/mol. The first kappa shape index (κ1) is 12.2. The van der Waals surface area contributed by atoms with Crippen molar-refractivity contribution in [2.45, 2.75) is 31.8 Å².